The maximum atomic E-state index is 14.5. The first-order valence-electron chi connectivity index (χ1n) is 16.0. The number of carbonyl (C=O) groups is 4. The summed E-state index contributed by atoms with van der Waals surface area (Å²) in [5.41, 5.74) is 1.49. The highest BCUT2D eigenvalue weighted by molar-refractivity contribution is 5.94. The Hall–Kier alpha value is -3.92. The fourth-order valence-electron chi connectivity index (χ4n) is 4.98. The van der Waals surface area contributed by atoms with Crippen LogP contribution in [0.2, 0.25) is 0 Å². The molecule has 3 N–H and O–H groups in total. The number of hydrogen-bond acceptors (Lipinski definition) is 7. The number of nitrogens with zero attached hydrogens (tertiary/aromatic N) is 1. The van der Waals surface area contributed by atoms with Crippen LogP contribution in [0.4, 0.5) is 4.79 Å². The maximum absolute atomic E-state index is 14.5. The molecule has 0 bridgehead atoms. The van der Waals surface area contributed by atoms with E-state index >= 15 is 0 Å². The number of aliphatic hydroxyl groups is 1. The molecule has 2 aromatic rings. The lowest BCUT2D eigenvalue weighted by Crippen LogP contribution is -2.56. The minimum atomic E-state index is -1.37. The van der Waals surface area contributed by atoms with Gasteiger partial charge in [-0.25, -0.2) is 9.59 Å². The van der Waals surface area contributed by atoms with E-state index in [9.17, 15) is 24.3 Å². The van der Waals surface area contributed by atoms with Gasteiger partial charge in [-0.1, -0.05) is 73.9 Å². The first-order chi connectivity index (χ1) is 21.5. The molecular formula is C36H53N3O7. The minimum absolute atomic E-state index is 0.167. The van der Waals surface area contributed by atoms with Gasteiger partial charge in [-0.05, 0) is 78.5 Å². The highest BCUT2D eigenvalue weighted by Crippen LogP contribution is 2.28. The predicted octanol–water partition coefficient (Wildman–Crippen LogP) is 5.32. The summed E-state index contributed by atoms with van der Waals surface area (Å²) >= 11 is 0. The summed E-state index contributed by atoms with van der Waals surface area (Å²) < 4.78 is 11.0. The summed E-state index contributed by atoms with van der Waals surface area (Å²) in [6.07, 6.45) is 1.52. The Morgan fingerprint density at radius 3 is 2.02 bits per heavy atom. The second kappa shape index (κ2) is 17.1. The van der Waals surface area contributed by atoms with Crippen LogP contribution in [0.25, 0.3) is 0 Å². The molecule has 3 atom stereocenters. The van der Waals surface area contributed by atoms with Crippen LogP contribution >= 0.6 is 0 Å². The zero-order valence-electron chi connectivity index (χ0n) is 28.9. The van der Waals surface area contributed by atoms with Gasteiger partial charge in [-0.2, -0.15) is 0 Å². The molecule has 3 amide bonds. The van der Waals surface area contributed by atoms with Gasteiger partial charge in [0.2, 0.25) is 11.8 Å². The van der Waals surface area contributed by atoms with Crippen molar-refractivity contribution in [1.82, 2.24) is 15.5 Å². The van der Waals surface area contributed by atoms with Gasteiger partial charge < -0.3 is 30.1 Å². The molecular weight excluding hydrogens is 586 g/mol. The van der Waals surface area contributed by atoms with Gasteiger partial charge in [0.25, 0.3) is 0 Å². The molecule has 2 aromatic carbocycles. The van der Waals surface area contributed by atoms with E-state index in [4.69, 9.17) is 9.47 Å². The molecule has 0 saturated carbocycles. The van der Waals surface area contributed by atoms with Crippen LogP contribution in [0.3, 0.4) is 0 Å². The van der Waals surface area contributed by atoms with Crippen LogP contribution in [0.1, 0.15) is 96.0 Å². The third-order valence-corrected chi connectivity index (χ3v) is 7.03. The zero-order valence-corrected chi connectivity index (χ0v) is 28.9. The number of ether oxygens (including phenoxy) is 2. The Morgan fingerprint density at radius 2 is 1.48 bits per heavy atom. The van der Waals surface area contributed by atoms with Crippen molar-refractivity contribution in [2.75, 3.05) is 13.2 Å². The molecule has 0 heterocycles. The van der Waals surface area contributed by atoms with E-state index in [1.807, 2.05) is 63.2 Å². The van der Waals surface area contributed by atoms with Crippen molar-refractivity contribution >= 4 is 23.9 Å². The smallest absolute Gasteiger partial charge is 0.408 e. The summed E-state index contributed by atoms with van der Waals surface area (Å²) in [6, 6.07) is 11.3. The summed E-state index contributed by atoms with van der Waals surface area (Å²) in [6.45, 7) is 15.6. The standard InChI is InChI=1S/C36H53N3O7/c1-10-11-15-20-39(32(42)29(23-40)38-34(44)46-36(7,8)9)30(27-19-18-24(2)21-25(27)3)31(41)37-28(33(43)45-35(4,5)6)22-26-16-13-12-14-17-26/h12-14,16-19,21,28-30,40H,10-11,15,20,22-23H2,1-9H3,(H,37,41)(H,38,44). The number of rotatable bonds is 14. The average Bonchev–Trinajstić information content (AvgIpc) is 2.94. The summed E-state index contributed by atoms with van der Waals surface area (Å²) in [4.78, 5) is 56.1. The fourth-order valence-corrected chi connectivity index (χ4v) is 4.98. The summed E-state index contributed by atoms with van der Waals surface area (Å²) in [5, 5.41) is 15.6. The fraction of sp³-hybridized carbons (Fsp3) is 0.556. The lowest BCUT2D eigenvalue weighted by atomic mass is 9.95. The molecule has 10 nitrogen and oxygen atoms in total. The number of aliphatic hydroxyl groups excluding tert-OH is 1. The minimum Gasteiger partial charge on any atom is -0.458 e. The number of aryl methyl sites for hydroxylation is 2. The Balaban J connectivity index is 2.61. The van der Waals surface area contributed by atoms with E-state index in [1.165, 1.54) is 4.90 Å². The topological polar surface area (TPSA) is 134 Å². The number of benzene rings is 2. The largest absolute Gasteiger partial charge is 0.458 e. The van der Waals surface area contributed by atoms with Gasteiger partial charge in [0, 0.05) is 13.0 Å². The highest BCUT2D eigenvalue weighted by atomic mass is 16.6. The maximum Gasteiger partial charge on any atom is 0.408 e. The SMILES string of the molecule is CCCCCN(C(=O)C(CO)NC(=O)OC(C)(C)C)C(C(=O)NC(Cc1ccccc1)C(=O)OC(C)(C)C)c1ccc(C)cc1C. The quantitative estimate of drug-likeness (QED) is 0.188. The number of alkyl carbamates (subject to hydrolysis) is 1. The molecule has 10 heteroatoms. The third kappa shape index (κ3) is 12.5. The van der Waals surface area contributed by atoms with Crippen LogP contribution in [0.5, 0.6) is 0 Å². The molecule has 0 aliphatic rings. The molecule has 0 spiro atoms. The number of amides is 3. The Bertz CT molecular complexity index is 1320. The van der Waals surface area contributed by atoms with Gasteiger partial charge in [-0.3, -0.25) is 9.59 Å². The van der Waals surface area contributed by atoms with Gasteiger partial charge in [0.1, 0.15) is 29.3 Å². The van der Waals surface area contributed by atoms with Crippen molar-refractivity contribution in [2.45, 2.75) is 117 Å². The van der Waals surface area contributed by atoms with Crippen LogP contribution < -0.4 is 10.6 Å². The van der Waals surface area contributed by atoms with E-state index in [2.05, 4.69) is 10.6 Å². The second-order valence-corrected chi connectivity index (χ2v) is 13.7. The molecule has 254 valence electrons. The van der Waals surface area contributed by atoms with Crippen molar-refractivity contribution in [3.8, 4) is 0 Å². The molecule has 0 radical (unpaired) electrons. The molecule has 0 aliphatic heterocycles. The first-order valence-corrected chi connectivity index (χ1v) is 16.0. The van der Waals surface area contributed by atoms with Crippen molar-refractivity contribution in [3.05, 3.63) is 70.8 Å². The van der Waals surface area contributed by atoms with Crippen molar-refractivity contribution in [2.24, 2.45) is 0 Å². The molecule has 0 aromatic heterocycles. The number of esters is 1. The normalized spacial score (nSPS) is 13.6. The third-order valence-electron chi connectivity index (χ3n) is 7.03. The lowest BCUT2D eigenvalue weighted by molar-refractivity contribution is -0.159. The van der Waals surface area contributed by atoms with E-state index in [-0.39, 0.29) is 13.0 Å². The Morgan fingerprint density at radius 1 is 0.848 bits per heavy atom. The number of carbonyl (C=O) groups excluding carboxylic acids is 4. The number of unbranched alkanes of at least 4 members (excludes halogenated alkanes) is 2. The zero-order chi connectivity index (χ0) is 34.7. The molecule has 3 unspecified atom stereocenters. The molecule has 46 heavy (non-hydrogen) atoms. The summed E-state index contributed by atoms with van der Waals surface area (Å²) in [7, 11) is 0. The van der Waals surface area contributed by atoms with Gasteiger partial charge in [0.05, 0.1) is 6.61 Å². The lowest BCUT2D eigenvalue weighted by Gasteiger charge is -2.35. The highest BCUT2D eigenvalue weighted by Gasteiger charge is 2.38. The van der Waals surface area contributed by atoms with E-state index in [1.54, 1.807) is 47.6 Å². The Labute approximate surface area is 274 Å². The van der Waals surface area contributed by atoms with Crippen LogP contribution in [-0.2, 0) is 30.3 Å². The van der Waals surface area contributed by atoms with E-state index in [0.717, 1.165) is 29.5 Å². The van der Waals surface area contributed by atoms with Crippen LogP contribution in [0, 0.1) is 13.8 Å². The van der Waals surface area contributed by atoms with Gasteiger partial charge in [0.15, 0.2) is 0 Å². The van der Waals surface area contributed by atoms with E-state index in [0.29, 0.717) is 12.0 Å². The molecule has 2 rings (SSSR count). The van der Waals surface area contributed by atoms with Crippen LogP contribution in [0.15, 0.2) is 48.5 Å². The first kappa shape index (κ1) is 38.3. The Kier molecular flexibility index (Phi) is 14.2. The van der Waals surface area contributed by atoms with Crippen molar-refractivity contribution in [3.63, 3.8) is 0 Å². The molecule has 0 aliphatic carbocycles. The summed E-state index contributed by atoms with van der Waals surface area (Å²) in [5.74, 6) is -1.84. The van der Waals surface area contributed by atoms with Crippen LogP contribution in [-0.4, -0.2) is 70.3 Å². The van der Waals surface area contributed by atoms with E-state index < -0.39 is 59.8 Å². The van der Waals surface area contributed by atoms with Crippen molar-refractivity contribution < 1.29 is 33.8 Å². The monoisotopic (exact) mass is 639 g/mol. The van der Waals surface area contributed by atoms with Gasteiger partial charge >= 0.3 is 12.1 Å². The molecule has 0 fully saturated rings. The second-order valence-electron chi connectivity index (χ2n) is 13.7. The number of hydrogen-bond donors (Lipinski definition) is 3. The predicted molar refractivity (Wildman–Crippen MR) is 178 cm³/mol. The van der Waals surface area contributed by atoms with Gasteiger partial charge in [-0.15, -0.1) is 0 Å². The average molecular weight is 640 g/mol. The molecule has 0 saturated heterocycles. The van der Waals surface area contributed by atoms with Crippen molar-refractivity contribution in [1.29, 1.82) is 0 Å². The number of nitrogens with one attached hydrogen (secondary N) is 2.